The molecule has 1 N–H and O–H groups in total. The Kier molecular flexibility index (Phi) is 3.48. The fourth-order valence-electron chi connectivity index (χ4n) is 1.13. The molecule has 0 aliphatic rings. The number of rotatable bonds is 3. The molecule has 1 heterocycles. The van der Waals surface area contributed by atoms with Gasteiger partial charge in [0, 0.05) is 19.0 Å². The summed E-state index contributed by atoms with van der Waals surface area (Å²) in [6.45, 7) is 2.16. The highest BCUT2D eigenvalue weighted by Crippen LogP contribution is 2.15. The van der Waals surface area contributed by atoms with Crippen molar-refractivity contribution in [3.05, 3.63) is 36.2 Å². The molecule has 0 saturated carbocycles. The predicted octanol–water partition coefficient (Wildman–Crippen LogP) is 1.87. The minimum Gasteiger partial charge on any atom is -0.396 e. The molecule has 12 heavy (non-hydrogen) atoms. The van der Waals surface area contributed by atoms with Crippen LogP contribution in [0.1, 0.15) is 18.9 Å². The monoisotopic (exact) mass is 163 g/mol. The van der Waals surface area contributed by atoms with Gasteiger partial charge in [0.25, 0.3) is 0 Å². The first kappa shape index (κ1) is 8.94. The summed E-state index contributed by atoms with van der Waals surface area (Å²) in [4.78, 5) is 4.01. The highest BCUT2D eigenvalue weighted by molar-refractivity contribution is 5.64. The van der Waals surface area contributed by atoms with Crippen LogP contribution in [0.4, 0.5) is 0 Å². The maximum absolute atomic E-state index is 8.77. The molecule has 1 aromatic rings. The van der Waals surface area contributed by atoms with Gasteiger partial charge in [-0.15, -0.1) is 0 Å². The highest BCUT2D eigenvalue weighted by Gasteiger charge is 1.97. The lowest BCUT2D eigenvalue weighted by Crippen LogP contribution is -1.89. The van der Waals surface area contributed by atoms with Gasteiger partial charge < -0.3 is 5.11 Å². The topological polar surface area (TPSA) is 33.1 Å². The third-order valence-corrected chi connectivity index (χ3v) is 1.76. The average Bonchev–Trinajstić information content (AvgIpc) is 2.15. The number of hydrogen-bond acceptors (Lipinski definition) is 2. The average molecular weight is 163 g/mol. The van der Waals surface area contributed by atoms with Crippen molar-refractivity contribution in [3.63, 3.8) is 0 Å². The molecule has 0 radical (unpaired) electrons. The lowest BCUT2D eigenvalue weighted by molar-refractivity contribution is 0.305. The van der Waals surface area contributed by atoms with Crippen LogP contribution in [0.3, 0.4) is 0 Å². The fraction of sp³-hybridized carbons (Fsp3) is 0.300. The van der Waals surface area contributed by atoms with Crippen molar-refractivity contribution in [1.82, 2.24) is 4.98 Å². The molecule has 1 rings (SSSR count). The molecular weight excluding hydrogens is 150 g/mol. The zero-order valence-corrected chi connectivity index (χ0v) is 7.20. The zero-order valence-electron chi connectivity index (χ0n) is 7.20. The number of aliphatic hydroxyl groups is 1. The van der Waals surface area contributed by atoms with E-state index in [1.54, 1.807) is 6.20 Å². The van der Waals surface area contributed by atoms with E-state index in [1.807, 2.05) is 31.3 Å². The van der Waals surface area contributed by atoms with Gasteiger partial charge in [-0.05, 0) is 30.5 Å². The lowest BCUT2D eigenvalue weighted by Gasteiger charge is -2.03. The third kappa shape index (κ3) is 2.17. The van der Waals surface area contributed by atoms with Gasteiger partial charge in [-0.2, -0.15) is 0 Å². The molecule has 0 bridgehead atoms. The van der Waals surface area contributed by atoms with Gasteiger partial charge in [0.05, 0.1) is 0 Å². The second-order valence-electron chi connectivity index (χ2n) is 2.53. The van der Waals surface area contributed by atoms with Crippen molar-refractivity contribution in [1.29, 1.82) is 0 Å². The summed E-state index contributed by atoms with van der Waals surface area (Å²) in [6, 6.07) is 3.90. The highest BCUT2D eigenvalue weighted by atomic mass is 16.2. The minimum atomic E-state index is 0.189. The van der Waals surface area contributed by atoms with Gasteiger partial charge in [-0.3, -0.25) is 4.98 Å². The molecular formula is C10H13NO. The first-order valence-electron chi connectivity index (χ1n) is 4.05. The van der Waals surface area contributed by atoms with Crippen LogP contribution in [0.5, 0.6) is 0 Å². The van der Waals surface area contributed by atoms with E-state index in [4.69, 9.17) is 5.11 Å². The molecule has 64 valence electrons. The van der Waals surface area contributed by atoms with Crippen molar-refractivity contribution < 1.29 is 5.11 Å². The molecule has 0 aromatic carbocycles. The van der Waals surface area contributed by atoms with Crippen LogP contribution in [0.15, 0.2) is 30.6 Å². The summed E-state index contributed by atoms with van der Waals surface area (Å²) >= 11 is 0. The predicted molar refractivity (Wildman–Crippen MR) is 49.6 cm³/mol. The molecule has 0 spiro atoms. The zero-order chi connectivity index (χ0) is 8.81. The Morgan fingerprint density at radius 2 is 2.50 bits per heavy atom. The maximum Gasteiger partial charge on any atom is 0.0471 e. The van der Waals surface area contributed by atoms with E-state index in [0.717, 1.165) is 11.1 Å². The quantitative estimate of drug-likeness (QED) is 0.737. The van der Waals surface area contributed by atoms with Crippen LogP contribution in [0.2, 0.25) is 0 Å². The second-order valence-corrected chi connectivity index (χ2v) is 2.53. The number of allylic oxidation sites excluding steroid dienone is 1. The van der Waals surface area contributed by atoms with E-state index in [-0.39, 0.29) is 6.61 Å². The van der Waals surface area contributed by atoms with E-state index in [0.29, 0.717) is 6.42 Å². The van der Waals surface area contributed by atoms with E-state index in [1.165, 1.54) is 0 Å². The van der Waals surface area contributed by atoms with Crippen LogP contribution in [-0.4, -0.2) is 16.7 Å². The molecule has 0 fully saturated rings. The SMILES string of the molecule is C/C=C(\CCO)c1cccnc1. The van der Waals surface area contributed by atoms with E-state index < -0.39 is 0 Å². The van der Waals surface area contributed by atoms with E-state index >= 15 is 0 Å². The molecule has 1 aromatic heterocycles. The largest absolute Gasteiger partial charge is 0.396 e. The summed E-state index contributed by atoms with van der Waals surface area (Å²) < 4.78 is 0. The van der Waals surface area contributed by atoms with Gasteiger partial charge in [-0.1, -0.05) is 12.1 Å². The lowest BCUT2D eigenvalue weighted by atomic mass is 10.1. The van der Waals surface area contributed by atoms with Crippen molar-refractivity contribution >= 4 is 5.57 Å². The molecule has 2 heteroatoms. The summed E-state index contributed by atoms with van der Waals surface area (Å²) in [5, 5.41) is 8.77. The number of nitrogens with zero attached hydrogens (tertiary/aromatic N) is 1. The molecule has 2 nitrogen and oxygen atoms in total. The standard InChI is InChI=1S/C10H13NO/c1-2-9(5-7-12)10-4-3-6-11-8-10/h2-4,6,8,12H,5,7H2,1H3/b9-2+. The minimum absolute atomic E-state index is 0.189. The van der Waals surface area contributed by atoms with E-state index in [2.05, 4.69) is 4.98 Å². The number of aliphatic hydroxyl groups excluding tert-OH is 1. The maximum atomic E-state index is 8.77. The fourth-order valence-corrected chi connectivity index (χ4v) is 1.13. The number of hydrogen-bond donors (Lipinski definition) is 1. The van der Waals surface area contributed by atoms with Crippen LogP contribution in [0.25, 0.3) is 5.57 Å². The summed E-state index contributed by atoms with van der Waals surface area (Å²) in [5.74, 6) is 0. The summed E-state index contributed by atoms with van der Waals surface area (Å²) in [5.41, 5.74) is 2.24. The van der Waals surface area contributed by atoms with Crippen molar-refractivity contribution in [2.24, 2.45) is 0 Å². The Balaban J connectivity index is 2.82. The Bertz CT molecular complexity index is 254. The second kappa shape index (κ2) is 4.67. The first-order chi connectivity index (χ1) is 5.88. The molecule has 0 aliphatic heterocycles. The molecule has 0 aliphatic carbocycles. The van der Waals surface area contributed by atoms with Gasteiger partial charge in [-0.25, -0.2) is 0 Å². The van der Waals surface area contributed by atoms with Gasteiger partial charge in [0.1, 0.15) is 0 Å². The number of pyridine rings is 1. The molecule has 0 saturated heterocycles. The van der Waals surface area contributed by atoms with Crippen LogP contribution >= 0.6 is 0 Å². The van der Waals surface area contributed by atoms with Gasteiger partial charge in [0.2, 0.25) is 0 Å². The van der Waals surface area contributed by atoms with E-state index in [9.17, 15) is 0 Å². The normalized spacial score (nSPS) is 11.7. The van der Waals surface area contributed by atoms with Crippen molar-refractivity contribution in [2.45, 2.75) is 13.3 Å². The Morgan fingerprint density at radius 1 is 1.67 bits per heavy atom. The van der Waals surface area contributed by atoms with Crippen molar-refractivity contribution in [3.8, 4) is 0 Å². The van der Waals surface area contributed by atoms with Crippen LogP contribution in [0, 0.1) is 0 Å². The van der Waals surface area contributed by atoms with Gasteiger partial charge >= 0.3 is 0 Å². The van der Waals surface area contributed by atoms with Crippen LogP contribution in [-0.2, 0) is 0 Å². The Hall–Kier alpha value is -1.15. The molecule has 0 amide bonds. The summed E-state index contributed by atoms with van der Waals surface area (Å²) in [7, 11) is 0. The third-order valence-electron chi connectivity index (χ3n) is 1.76. The first-order valence-corrected chi connectivity index (χ1v) is 4.05. The van der Waals surface area contributed by atoms with Gasteiger partial charge in [0.15, 0.2) is 0 Å². The number of aromatic nitrogens is 1. The van der Waals surface area contributed by atoms with Crippen LogP contribution < -0.4 is 0 Å². The Labute approximate surface area is 72.6 Å². The van der Waals surface area contributed by atoms with Crippen molar-refractivity contribution in [2.75, 3.05) is 6.61 Å². The molecule has 0 unspecified atom stereocenters. The molecule has 0 atom stereocenters. The summed E-state index contributed by atoms with van der Waals surface area (Å²) in [6.07, 6.45) is 6.26. The Morgan fingerprint density at radius 3 is 3.00 bits per heavy atom. The smallest absolute Gasteiger partial charge is 0.0471 e.